The molecule has 2 aromatic rings. The van der Waals surface area contributed by atoms with Crippen LogP contribution in [-0.2, 0) is 13.0 Å². The minimum atomic E-state index is -0.886. The summed E-state index contributed by atoms with van der Waals surface area (Å²) >= 11 is 5.20. The van der Waals surface area contributed by atoms with Crippen LogP contribution in [0.15, 0.2) is 40.2 Å². The lowest BCUT2D eigenvalue weighted by Gasteiger charge is -2.04. The first kappa shape index (κ1) is 14.2. The molecule has 2 N–H and O–H groups in total. The van der Waals surface area contributed by atoms with Crippen molar-refractivity contribution in [1.29, 1.82) is 0 Å². The molecule has 0 saturated heterocycles. The molecule has 100 valence electrons. The molecule has 0 saturated carbocycles. The molecule has 2 rings (SSSR count). The predicted molar refractivity (Wildman–Crippen MR) is 80.8 cm³/mol. The minimum Gasteiger partial charge on any atom is -0.478 e. The molecule has 0 unspecified atom stereocenters. The largest absolute Gasteiger partial charge is 0.478 e. The SMILES string of the molecule is O=C(O)c1ccc(CNCCc2ccc(Br)s2)cc1. The van der Waals surface area contributed by atoms with Crippen molar-refractivity contribution in [3.63, 3.8) is 0 Å². The summed E-state index contributed by atoms with van der Waals surface area (Å²) in [5.74, 6) is -0.886. The molecule has 0 spiro atoms. The third-order valence-electron chi connectivity index (χ3n) is 2.71. The summed E-state index contributed by atoms with van der Waals surface area (Å²) in [6, 6.07) is 11.1. The third-order valence-corrected chi connectivity index (χ3v) is 4.39. The summed E-state index contributed by atoms with van der Waals surface area (Å²) < 4.78 is 1.16. The van der Waals surface area contributed by atoms with Crippen molar-refractivity contribution in [3.05, 3.63) is 56.2 Å². The fourth-order valence-electron chi connectivity index (χ4n) is 1.70. The molecule has 0 aliphatic rings. The van der Waals surface area contributed by atoms with Crippen molar-refractivity contribution in [2.75, 3.05) is 6.54 Å². The molecule has 0 amide bonds. The zero-order chi connectivity index (χ0) is 13.7. The van der Waals surface area contributed by atoms with Gasteiger partial charge in [-0.05, 0) is 52.2 Å². The first-order valence-electron chi connectivity index (χ1n) is 5.92. The lowest BCUT2D eigenvalue weighted by molar-refractivity contribution is 0.0697. The van der Waals surface area contributed by atoms with Gasteiger partial charge in [-0.3, -0.25) is 0 Å². The number of hydrogen-bond donors (Lipinski definition) is 2. The first-order chi connectivity index (χ1) is 9.15. The Morgan fingerprint density at radius 1 is 1.21 bits per heavy atom. The van der Waals surface area contributed by atoms with Crippen LogP contribution < -0.4 is 5.32 Å². The van der Waals surface area contributed by atoms with E-state index in [0.29, 0.717) is 5.56 Å². The summed E-state index contributed by atoms with van der Waals surface area (Å²) in [6.07, 6.45) is 1.00. The van der Waals surface area contributed by atoms with Crippen molar-refractivity contribution >= 4 is 33.2 Å². The van der Waals surface area contributed by atoms with Crippen molar-refractivity contribution < 1.29 is 9.90 Å². The Morgan fingerprint density at radius 2 is 1.95 bits per heavy atom. The molecule has 0 bridgehead atoms. The van der Waals surface area contributed by atoms with Crippen LogP contribution in [0.2, 0.25) is 0 Å². The van der Waals surface area contributed by atoms with Gasteiger partial charge in [0, 0.05) is 18.0 Å². The fourth-order valence-corrected chi connectivity index (χ4v) is 3.18. The minimum absolute atomic E-state index is 0.326. The molecule has 0 atom stereocenters. The topological polar surface area (TPSA) is 49.3 Å². The van der Waals surface area contributed by atoms with Gasteiger partial charge in [0.2, 0.25) is 0 Å². The molecule has 3 nitrogen and oxygen atoms in total. The van der Waals surface area contributed by atoms with Gasteiger partial charge in [0.15, 0.2) is 0 Å². The number of carbonyl (C=O) groups is 1. The van der Waals surface area contributed by atoms with Crippen molar-refractivity contribution in [2.24, 2.45) is 0 Å². The monoisotopic (exact) mass is 339 g/mol. The van der Waals surface area contributed by atoms with E-state index in [1.54, 1.807) is 23.5 Å². The van der Waals surface area contributed by atoms with Crippen LogP contribution >= 0.6 is 27.3 Å². The van der Waals surface area contributed by atoms with Crippen LogP contribution in [0, 0.1) is 0 Å². The standard InChI is InChI=1S/C14H14BrNO2S/c15-13-6-5-12(19-13)7-8-16-9-10-1-3-11(4-2-10)14(17)18/h1-6,16H,7-9H2,(H,17,18). The normalized spacial score (nSPS) is 10.6. The van der Waals surface area contributed by atoms with E-state index in [1.807, 2.05) is 12.1 Å². The second-order valence-corrected chi connectivity index (χ2v) is 6.68. The maximum Gasteiger partial charge on any atom is 0.335 e. The van der Waals surface area contributed by atoms with Crippen molar-refractivity contribution in [3.8, 4) is 0 Å². The second-order valence-electron chi connectivity index (χ2n) is 4.13. The number of thiophene rings is 1. The van der Waals surface area contributed by atoms with Crippen LogP contribution in [0.25, 0.3) is 0 Å². The number of rotatable bonds is 6. The smallest absolute Gasteiger partial charge is 0.335 e. The Labute approximate surface area is 124 Å². The van der Waals surface area contributed by atoms with Gasteiger partial charge in [-0.25, -0.2) is 4.79 Å². The second kappa shape index (κ2) is 6.84. The van der Waals surface area contributed by atoms with Crippen LogP contribution in [0.3, 0.4) is 0 Å². The van der Waals surface area contributed by atoms with E-state index in [1.165, 1.54) is 4.88 Å². The average molecular weight is 340 g/mol. The molecule has 1 aromatic carbocycles. The number of carboxylic acids is 1. The Hall–Kier alpha value is -1.17. The fraction of sp³-hybridized carbons (Fsp3) is 0.214. The van der Waals surface area contributed by atoms with E-state index in [0.717, 1.165) is 28.9 Å². The number of halogens is 1. The molecule has 5 heteroatoms. The zero-order valence-electron chi connectivity index (χ0n) is 10.2. The molecule has 0 aliphatic heterocycles. The van der Waals surface area contributed by atoms with Gasteiger partial charge >= 0.3 is 5.97 Å². The average Bonchev–Trinajstić information content (AvgIpc) is 2.81. The molecular formula is C14H14BrNO2S. The third kappa shape index (κ3) is 4.45. The van der Waals surface area contributed by atoms with Crippen LogP contribution in [0.4, 0.5) is 0 Å². The molecular weight excluding hydrogens is 326 g/mol. The van der Waals surface area contributed by atoms with E-state index in [4.69, 9.17) is 5.11 Å². The van der Waals surface area contributed by atoms with Gasteiger partial charge < -0.3 is 10.4 Å². The van der Waals surface area contributed by atoms with E-state index < -0.39 is 5.97 Å². The van der Waals surface area contributed by atoms with Crippen molar-refractivity contribution in [2.45, 2.75) is 13.0 Å². The van der Waals surface area contributed by atoms with Gasteiger partial charge in [-0.15, -0.1) is 11.3 Å². The summed E-state index contributed by atoms with van der Waals surface area (Å²) in [7, 11) is 0. The highest BCUT2D eigenvalue weighted by Gasteiger charge is 2.01. The lowest BCUT2D eigenvalue weighted by atomic mass is 10.1. The van der Waals surface area contributed by atoms with Gasteiger partial charge in [0.25, 0.3) is 0 Å². The Bertz CT molecular complexity index is 551. The number of benzene rings is 1. The maximum atomic E-state index is 10.7. The number of nitrogens with one attached hydrogen (secondary N) is 1. The van der Waals surface area contributed by atoms with Gasteiger partial charge in [-0.2, -0.15) is 0 Å². The quantitative estimate of drug-likeness (QED) is 0.791. The summed E-state index contributed by atoms with van der Waals surface area (Å²) in [6.45, 7) is 1.67. The van der Waals surface area contributed by atoms with Crippen molar-refractivity contribution in [1.82, 2.24) is 5.32 Å². The van der Waals surface area contributed by atoms with Gasteiger partial charge in [0.05, 0.1) is 9.35 Å². The number of hydrogen-bond acceptors (Lipinski definition) is 3. The summed E-state index contributed by atoms with van der Waals surface area (Å²) in [5, 5.41) is 12.2. The number of carboxylic acid groups (broad SMARTS) is 1. The van der Waals surface area contributed by atoms with Crippen LogP contribution in [-0.4, -0.2) is 17.6 Å². The number of aromatic carboxylic acids is 1. The van der Waals surface area contributed by atoms with E-state index in [2.05, 4.69) is 33.4 Å². The molecule has 1 heterocycles. The Balaban J connectivity index is 1.75. The first-order valence-corrected chi connectivity index (χ1v) is 7.53. The van der Waals surface area contributed by atoms with E-state index >= 15 is 0 Å². The zero-order valence-corrected chi connectivity index (χ0v) is 12.6. The highest BCUT2D eigenvalue weighted by Crippen LogP contribution is 2.22. The molecule has 19 heavy (non-hydrogen) atoms. The Kier molecular flexibility index (Phi) is 5.13. The summed E-state index contributed by atoms with van der Waals surface area (Å²) in [5.41, 5.74) is 1.42. The maximum absolute atomic E-state index is 10.7. The lowest BCUT2D eigenvalue weighted by Crippen LogP contribution is -2.16. The Morgan fingerprint density at radius 3 is 2.53 bits per heavy atom. The predicted octanol–water partition coefficient (Wildman–Crippen LogP) is 3.54. The highest BCUT2D eigenvalue weighted by atomic mass is 79.9. The highest BCUT2D eigenvalue weighted by molar-refractivity contribution is 9.11. The van der Waals surface area contributed by atoms with E-state index in [-0.39, 0.29) is 0 Å². The summed E-state index contributed by atoms with van der Waals surface area (Å²) in [4.78, 5) is 12.1. The molecule has 0 aliphatic carbocycles. The molecule has 0 fully saturated rings. The molecule has 0 radical (unpaired) electrons. The molecule has 1 aromatic heterocycles. The van der Waals surface area contributed by atoms with Gasteiger partial charge in [-0.1, -0.05) is 12.1 Å². The van der Waals surface area contributed by atoms with E-state index in [9.17, 15) is 4.79 Å². The van der Waals surface area contributed by atoms with Gasteiger partial charge in [0.1, 0.15) is 0 Å². The van der Waals surface area contributed by atoms with Crippen LogP contribution in [0.1, 0.15) is 20.8 Å². The van der Waals surface area contributed by atoms with Crippen LogP contribution in [0.5, 0.6) is 0 Å².